The van der Waals surface area contributed by atoms with E-state index in [1.165, 1.54) is 11.8 Å². The van der Waals surface area contributed by atoms with Gasteiger partial charge in [0.2, 0.25) is 0 Å². The Morgan fingerprint density at radius 1 is 1.03 bits per heavy atom. The van der Waals surface area contributed by atoms with E-state index in [1.54, 1.807) is 31.2 Å². The van der Waals surface area contributed by atoms with Crippen molar-refractivity contribution >= 4 is 18.1 Å². The molecular weight excluding hydrogens is 396 g/mol. The SMILES string of the molecule is CCOC(=O)COc1ccccc1/C=N\NC(=O)COc1ccc(C(C)(C)C)cc1C. The Labute approximate surface area is 183 Å². The maximum absolute atomic E-state index is 12.1. The van der Waals surface area contributed by atoms with E-state index >= 15 is 0 Å². The van der Waals surface area contributed by atoms with Gasteiger partial charge < -0.3 is 14.2 Å². The monoisotopic (exact) mass is 426 g/mol. The van der Waals surface area contributed by atoms with Gasteiger partial charge in [0.25, 0.3) is 5.91 Å². The molecule has 0 spiro atoms. The van der Waals surface area contributed by atoms with Crippen molar-refractivity contribution in [3.63, 3.8) is 0 Å². The molecule has 0 heterocycles. The van der Waals surface area contributed by atoms with Gasteiger partial charge in [-0.3, -0.25) is 4.79 Å². The van der Waals surface area contributed by atoms with Gasteiger partial charge in [0.1, 0.15) is 11.5 Å². The molecular formula is C24H30N2O5. The molecule has 1 N–H and O–H groups in total. The van der Waals surface area contributed by atoms with Crippen LogP contribution >= 0.6 is 0 Å². The molecule has 0 aliphatic carbocycles. The molecule has 2 rings (SSSR count). The van der Waals surface area contributed by atoms with Gasteiger partial charge in [-0.15, -0.1) is 0 Å². The summed E-state index contributed by atoms with van der Waals surface area (Å²) in [5.41, 5.74) is 5.26. The molecule has 0 atom stereocenters. The van der Waals surface area contributed by atoms with E-state index in [1.807, 2.05) is 19.1 Å². The van der Waals surface area contributed by atoms with Crippen LogP contribution in [0.1, 0.15) is 44.4 Å². The van der Waals surface area contributed by atoms with Gasteiger partial charge >= 0.3 is 5.97 Å². The van der Waals surface area contributed by atoms with Gasteiger partial charge in [0.15, 0.2) is 13.2 Å². The fourth-order valence-electron chi connectivity index (χ4n) is 2.69. The summed E-state index contributed by atoms with van der Waals surface area (Å²) in [6, 6.07) is 13.0. The average Bonchev–Trinajstić information content (AvgIpc) is 2.71. The molecule has 0 saturated carbocycles. The van der Waals surface area contributed by atoms with E-state index < -0.39 is 5.97 Å². The number of carbonyl (C=O) groups excluding carboxylic acids is 2. The summed E-state index contributed by atoms with van der Waals surface area (Å²) < 4.78 is 15.9. The Balaban J connectivity index is 1.88. The number of hydrogen-bond acceptors (Lipinski definition) is 6. The average molecular weight is 427 g/mol. The number of hydrazone groups is 1. The van der Waals surface area contributed by atoms with Crippen molar-refractivity contribution in [1.82, 2.24) is 5.43 Å². The largest absolute Gasteiger partial charge is 0.483 e. The van der Waals surface area contributed by atoms with Crippen molar-refractivity contribution in [3.8, 4) is 11.5 Å². The Kier molecular flexibility index (Phi) is 8.61. The van der Waals surface area contributed by atoms with Crippen molar-refractivity contribution in [1.29, 1.82) is 0 Å². The van der Waals surface area contributed by atoms with Crippen LogP contribution in [0.25, 0.3) is 0 Å². The minimum absolute atomic E-state index is 0.0473. The van der Waals surface area contributed by atoms with Crippen LogP contribution < -0.4 is 14.9 Å². The van der Waals surface area contributed by atoms with Crippen LogP contribution in [0.5, 0.6) is 11.5 Å². The second-order valence-corrected chi connectivity index (χ2v) is 7.94. The molecule has 0 aliphatic heterocycles. The lowest BCUT2D eigenvalue weighted by atomic mass is 9.86. The minimum Gasteiger partial charge on any atom is -0.483 e. The fourth-order valence-corrected chi connectivity index (χ4v) is 2.69. The van der Waals surface area contributed by atoms with E-state index in [-0.39, 0.29) is 24.5 Å². The van der Waals surface area contributed by atoms with Crippen molar-refractivity contribution in [2.75, 3.05) is 19.8 Å². The van der Waals surface area contributed by atoms with E-state index in [0.717, 1.165) is 5.56 Å². The predicted molar refractivity (Wildman–Crippen MR) is 120 cm³/mol. The standard InChI is InChI=1S/C24H30N2O5/c1-6-29-23(28)16-31-21-10-8-7-9-18(21)14-25-26-22(27)15-30-20-12-11-19(13-17(20)2)24(3,4)5/h7-14H,6,15-16H2,1-5H3,(H,26,27)/b25-14-. The molecule has 166 valence electrons. The number of benzene rings is 2. The predicted octanol–water partition coefficient (Wildman–Crippen LogP) is 3.76. The third kappa shape index (κ3) is 7.77. The number of nitrogens with one attached hydrogen (secondary N) is 1. The quantitative estimate of drug-likeness (QED) is 0.375. The summed E-state index contributed by atoms with van der Waals surface area (Å²) in [4.78, 5) is 23.5. The number of amides is 1. The normalized spacial score (nSPS) is 11.3. The molecule has 0 saturated heterocycles. The zero-order chi connectivity index (χ0) is 22.9. The number of hydrogen-bond donors (Lipinski definition) is 1. The second kappa shape index (κ2) is 11.2. The second-order valence-electron chi connectivity index (χ2n) is 7.94. The van der Waals surface area contributed by atoms with Crippen molar-refractivity contribution < 1.29 is 23.8 Å². The van der Waals surface area contributed by atoms with Gasteiger partial charge in [-0.05, 0) is 48.6 Å². The molecule has 2 aromatic rings. The number of para-hydroxylation sites is 1. The zero-order valence-corrected chi connectivity index (χ0v) is 18.7. The topological polar surface area (TPSA) is 86.2 Å². The molecule has 0 unspecified atom stereocenters. The molecule has 31 heavy (non-hydrogen) atoms. The highest BCUT2D eigenvalue weighted by Crippen LogP contribution is 2.27. The third-order valence-corrected chi connectivity index (χ3v) is 4.36. The molecule has 0 fully saturated rings. The zero-order valence-electron chi connectivity index (χ0n) is 18.7. The number of aryl methyl sites for hydroxylation is 1. The molecule has 7 nitrogen and oxygen atoms in total. The van der Waals surface area contributed by atoms with Crippen molar-refractivity contribution in [3.05, 3.63) is 59.2 Å². The molecule has 7 heteroatoms. The van der Waals surface area contributed by atoms with Crippen LogP contribution in [0.2, 0.25) is 0 Å². The summed E-state index contributed by atoms with van der Waals surface area (Å²) in [7, 11) is 0. The first-order valence-electron chi connectivity index (χ1n) is 10.1. The first-order valence-corrected chi connectivity index (χ1v) is 10.1. The summed E-state index contributed by atoms with van der Waals surface area (Å²) >= 11 is 0. The van der Waals surface area contributed by atoms with Gasteiger partial charge in [-0.2, -0.15) is 5.10 Å². The van der Waals surface area contributed by atoms with Crippen LogP contribution in [0, 0.1) is 6.92 Å². The highest BCUT2D eigenvalue weighted by Gasteiger charge is 2.15. The molecule has 0 bridgehead atoms. The van der Waals surface area contributed by atoms with Gasteiger partial charge in [-0.25, -0.2) is 10.2 Å². The van der Waals surface area contributed by atoms with Crippen LogP contribution in [0.15, 0.2) is 47.6 Å². The van der Waals surface area contributed by atoms with Crippen LogP contribution in [0.4, 0.5) is 0 Å². The molecule has 0 radical (unpaired) electrons. The van der Waals surface area contributed by atoms with E-state index in [0.29, 0.717) is 23.7 Å². The van der Waals surface area contributed by atoms with E-state index in [9.17, 15) is 9.59 Å². The Morgan fingerprint density at radius 3 is 2.42 bits per heavy atom. The molecule has 0 aromatic heterocycles. The van der Waals surface area contributed by atoms with E-state index in [4.69, 9.17) is 14.2 Å². The summed E-state index contributed by atoms with van der Waals surface area (Å²) in [6.45, 7) is 10.1. The molecule has 2 aromatic carbocycles. The van der Waals surface area contributed by atoms with Crippen molar-refractivity contribution in [2.24, 2.45) is 5.10 Å². The minimum atomic E-state index is -0.453. The number of esters is 1. The first-order chi connectivity index (χ1) is 14.7. The number of ether oxygens (including phenoxy) is 3. The van der Waals surface area contributed by atoms with Gasteiger partial charge in [0.05, 0.1) is 12.8 Å². The Morgan fingerprint density at radius 2 is 1.74 bits per heavy atom. The third-order valence-electron chi connectivity index (χ3n) is 4.36. The summed E-state index contributed by atoms with van der Waals surface area (Å²) in [6.07, 6.45) is 1.45. The Hall–Kier alpha value is -3.35. The molecule has 0 aliphatic rings. The summed E-state index contributed by atoms with van der Waals surface area (Å²) in [5.74, 6) is 0.273. The van der Waals surface area contributed by atoms with Crippen LogP contribution in [-0.4, -0.2) is 37.9 Å². The highest BCUT2D eigenvalue weighted by atomic mass is 16.6. The number of nitrogens with zero attached hydrogens (tertiary/aromatic N) is 1. The fraction of sp³-hybridized carbons (Fsp3) is 0.375. The number of carbonyl (C=O) groups is 2. The maximum atomic E-state index is 12.1. The number of rotatable bonds is 9. The lowest BCUT2D eigenvalue weighted by Crippen LogP contribution is -2.25. The van der Waals surface area contributed by atoms with Gasteiger partial charge in [-0.1, -0.05) is 45.0 Å². The van der Waals surface area contributed by atoms with E-state index in [2.05, 4.69) is 37.4 Å². The van der Waals surface area contributed by atoms with Crippen LogP contribution in [0.3, 0.4) is 0 Å². The summed E-state index contributed by atoms with van der Waals surface area (Å²) in [5, 5.41) is 3.95. The maximum Gasteiger partial charge on any atom is 0.344 e. The Bertz CT molecular complexity index is 932. The van der Waals surface area contributed by atoms with Crippen molar-refractivity contribution in [2.45, 2.75) is 40.0 Å². The smallest absolute Gasteiger partial charge is 0.344 e. The lowest BCUT2D eigenvalue weighted by molar-refractivity contribution is -0.145. The lowest BCUT2D eigenvalue weighted by Gasteiger charge is -2.20. The molecule has 1 amide bonds. The first kappa shape index (κ1) is 23.9. The van der Waals surface area contributed by atoms with Gasteiger partial charge in [0, 0.05) is 5.56 Å². The van der Waals surface area contributed by atoms with Crippen LogP contribution in [-0.2, 0) is 19.7 Å². The highest BCUT2D eigenvalue weighted by molar-refractivity contribution is 5.85.